The molecule has 0 spiro atoms. The quantitative estimate of drug-likeness (QED) is 0.166. The van der Waals surface area contributed by atoms with Gasteiger partial charge in [-0.3, -0.25) is 0 Å². The minimum atomic E-state index is 0. The Balaban J connectivity index is 0.00000160. The molecular formula is C23H22BrCl2FeN3. The van der Waals surface area contributed by atoms with Crippen molar-refractivity contribution in [1.82, 2.24) is 16.1 Å². The van der Waals surface area contributed by atoms with E-state index < -0.39 is 0 Å². The zero-order valence-electron chi connectivity index (χ0n) is 16.6. The molecule has 4 aromatic rings. The van der Waals surface area contributed by atoms with E-state index in [1.807, 2.05) is 18.2 Å². The topological polar surface area (TPSA) is 60.8 Å². The van der Waals surface area contributed by atoms with Gasteiger partial charge in [-0.25, -0.2) is 0 Å². The molecule has 4 rings (SSSR count). The smallest absolute Gasteiger partial charge is 0.147 e. The van der Waals surface area contributed by atoms with Crippen LogP contribution in [0, 0.1) is 0 Å². The van der Waals surface area contributed by atoms with Gasteiger partial charge in [0.1, 0.15) is 0 Å². The molecular weight excluding hydrogens is 525 g/mol. The van der Waals surface area contributed by atoms with E-state index >= 15 is 0 Å². The Morgan fingerprint density at radius 2 is 1.57 bits per heavy atom. The molecule has 0 unspecified atom stereocenters. The molecule has 0 atom stereocenters. The Labute approximate surface area is 202 Å². The second kappa shape index (κ2) is 10.2. The molecule has 0 saturated heterocycles. The standard InChI is InChI=1S/C14H8ClN2.C9H10Br.ClH.Fe.H3N/c1-2-11-7-5-9-3-4-10-6-8-12(15)17-14(10)13(9)16-11;1-7(2)8-4-3-5-9(10)6-8;;;/h3-8H,1H2;3-5,7H,1-2H3;1H;;1H3. The third kappa shape index (κ3) is 4.88. The number of pyridine rings is 2. The minimum Gasteiger partial charge on any atom is -0.344 e. The van der Waals surface area contributed by atoms with Gasteiger partial charge in [0.05, 0.1) is 0 Å². The summed E-state index contributed by atoms with van der Waals surface area (Å²) in [6.07, 6.45) is 0. The van der Waals surface area contributed by atoms with Gasteiger partial charge in [0, 0.05) is 0 Å². The van der Waals surface area contributed by atoms with Crippen molar-refractivity contribution in [2.24, 2.45) is 0 Å². The molecule has 3 nitrogen and oxygen atoms in total. The fourth-order valence-corrected chi connectivity index (χ4v) is 5.33. The van der Waals surface area contributed by atoms with Crippen molar-refractivity contribution in [1.29, 1.82) is 0 Å². The van der Waals surface area contributed by atoms with Crippen LogP contribution in [0.15, 0.2) is 65.6 Å². The largest absolute Gasteiger partial charge is 0.344 e. The number of rotatable bonds is 4. The van der Waals surface area contributed by atoms with Crippen LogP contribution in [0.3, 0.4) is 0 Å². The first-order chi connectivity index (χ1) is 13.4. The van der Waals surface area contributed by atoms with Gasteiger partial charge in [-0.15, -0.1) is 12.4 Å². The summed E-state index contributed by atoms with van der Waals surface area (Å²) >= 11 is 10.6. The molecule has 2 aromatic carbocycles. The molecule has 0 aliphatic rings. The van der Waals surface area contributed by atoms with Gasteiger partial charge >= 0.3 is 185 Å². The molecule has 0 bridgehead atoms. The Hall–Kier alpha value is -1.46. The van der Waals surface area contributed by atoms with Crippen molar-refractivity contribution in [2.45, 2.75) is 19.8 Å². The molecule has 2 aromatic heterocycles. The SMILES string of the molecule is C=[C]([Fe][c]1c(Br)cccc1C(C)C)c1ccc2ccc3ccc(Cl)nc3c2n1.Cl.N. The van der Waals surface area contributed by atoms with Crippen molar-refractivity contribution in [2.75, 3.05) is 0 Å². The van der Waals surface area contributed by atoms with Gasteiger partial charge in [0.15, 0.2) is 0 Å². The number of aromatic nitrogens is 2. The zero-order chi connectivity index (χ0) is 19.8. The average Bonchev–Trinajstić information content (AvgIpc) is 2.68. The summed E-state index contributed by atoms with van der Waals surface area (Å²) in [4.78, 5) is 9.41. The molecule has 2 heterocycles. The molecule has 30 heavy (non-hydrogen) atoms. The number of fused-ring (bicyclic) bond motifs is 3. The average molecular weight is 547 g/mol. The summed E-state index contributed by atoms with van der Waals surface area (Å²) in [7, 11) is 0. The third-order valence-corrected chi connectivity index (χ3v) is 7.27. The summed E-state index contributed by atoms with van der Waals surface area (Å²) in [5, 5.41) is 2.54. The molecule has 7 heteroatoms. The molecule has 0 aliphatic carbocycles. The number of benzene rings is 2. The summed E-state index contributed by atoms with van der Waals surface area (Å²) in [5.41, 5.74) is 3.89. The molecule has 0 fully saturated rings. The molecule has 3 N–H and O–H groups in total. The Morgan fingerprint density at radius 3 is 2.23 bits per heavy atom. The van der Waals surface area contributed by atoms with Gasteiger partial charge in [-0.1, -0.05) is 0 Å². The Kier molecular flexibility index (Phi) is 8.46. The van der Waals surface area contributed by atoms with Crippen molar-refractivity contribution in [3.05, 3.63) is 82.1 Å². The Bertz CT molecular complexity index is 1230. The fourth-order valence-electron chi connectivity index (χ4n) is 3.09. The van der Waals surface area contributed by atoms with Crippen LogP contribution in [0.4, 0.5) is 0 Å². The van der Waals surface area contributed by atoms with E-state index in [-0.39, 0.29) is 18.6 Å². The van der Waals surface area contributed by atoms with Crippen molar-refractivity contribution >= 4 is 70.7 Å². The van der Waals surface area contributed by atoms with Crippen LogP contribution in [-0.2, 0) is 15.0 Å². The van der Waals surface area contributed by atoms with E-state index in [2.05, 4.69) is 71.7 Å². The van der Waals surface area contributed by atoms with Gasteiger partial charge < -0.3 is 6.15 Å². The number of nitrogens with zero attached hydrogens (tertiary/aromatic N) is 2. The number of halogens is 3. The van der Waals surface area contributed by atoms with Crippen LogP contribution < -0.4 is 10.6 Å². The maximum absolute atomic E-state index is 6.13. The predicted octanol–water partition coefficient (Wildman–Crippen LogP) is 7.28. The minimum absolute atomic E-state index is 0. The van der Waals surface area contributed by atoms with Crippen LogP contribution in [-0.4, -0.2) is 9.97 Å². The second-order valence-electron chi connectivity index (χ2n) is 6.80. The van der Waals surface area contributed by atoms with E-state index in [1.54, 1.807) is 6.07 Å². The van der Waals surface area contributed by atoms with Gasteiger partial charge in [-0.05, 0) is 0 Å². The summed E-state index contributed by atoms with van der Waals surface area (Å²) < 4.78 is 3.36. The molecule has 158 valence electrons. The molecule has 0 radical (unpaired) electrons. The van der Waals surface area contributed by atoms with E-state index in [4.69, 9.17) is 16.6 Å². The van der Waals surface area contributed by atoms with Crippen LogP contribution >= 0.6 is 39.9 Å². The van der Waals surface area contributed by atoms with Crippen molar-refractivity contribution in [3.63, 3.8) is 0 Å². The third-order valence-electron chi connectivity index (χ3n) is 4.54. The van der Waals surface area contributed by atoms with Crippen molar-refractivity contribution < 1.29 is 15.0 Å². The normalized spacial score (nSPS) is 10.8. The van der Waals surface area contributed by atoms with E-state index in [0.717, 1.165) is 51.4 Å². The van der Waals surface area contributed by atoms with Crippen LogP contribution in [0.25, 0.3) is 26.3 Å². The Morgan fingerprint density at radius 1 is 0.967 bits per heavy atom. The van der Waals surface area contributed by atoms with Gasteiger partial charge in [-0.2, -0.15) is 0 Å². The summed E-state index contributed by atoms with van der Waals surface area (Å²) in [5.74, 6) is 0.445. The first-order valence-electron chi connectivity index (χ1n) is 8.90. The maximum Gasteiger partial charge on any atom is -0.147 e. The monoisotopic (exact) mass is 545 g/mol. The first kappa shape index (κ1) is 24.8. The first-order valence-corrected chi connectivity index (χ1v) is 11.2. The summed E-state index contributed by atoms with van der Waals surface area (Å²) in [6.45, 7) is 8.76. The maximum atomic E-state index is 6.13. The van der Waals surface area contributed by atoms with Crippen LogP contribution in [0.1, 0.15) is 31.0 Å². The number of hydrogen-bond donors (Lipinski definition) is 1. The molecule has 0 aliphatic heterocycles. The molecule has 0 amide bonds. The van der Waals surface area contributed by atoms with Gasteiger partial charge in [0.25, 0.3) is 0 Å². The fraction of sp³-hybridized carbons (Fsp3) is 0.130. The van der Waals surface area contributed by atoms with E-state index in [9.17, 15) is 0 Å². The van der Waals surface area contributed by atoms with E-state index in [1.165, 1.54) is 10.0 Å². The second-order valence-corrected chi connectivity index (χ2v) is 9.54. The van der Waals surface area contributed by atoms with Crippen LogP contribution in [0.2, 0.25) is 5.15 Å². The van der Waals surface area contributed by atoms with Gasteiger partial charge in [0.2, 0.25) is 0 Å². The number of hydrogen-bond acceptors (Lipinski definition) is 3. The predicted molar refractivity (Wildman–Crippen MR) is 131 cm³/mol. The summed E-state index contributed by atoms with van der Waals surface area (Å²) in [6, 6.07) is 18.4. The van der Waals surface area contributed by atoms with Crippen LogP contribution in [0.5, 0.6) is 0 Å². The van der Waals surface area contributed by atoms with Crippen molar-refractivity contribution in [3.8, 4) is 0 Å². The molecule has 0 saturated carbocycles. The van der Waals surface area contributed by atoms with E-state index in [0.29, 0.717) is 11.1 Å². The zero-order valence-corrected chi connectivity index (χ0v) is 20.9.